The van der Waals surface area contributed by atoms with Crippen LogP contribution in [-0.2, 0) is 9.59 Å². The monoisotopic (exact) mass is 304 g/mol. The normalized spacial score (nSPS) is 24.9. The predicted molar refractivity (Wildman–Crippen MR) is 88.3 cm³/mol. The molecule has 0 aromatic rings. The molecule has 0 aromatic heterocycles. The maximum Gasteiger partial charge on any atom is 0.246 e. The summed E-state index contributed by atoms with van der Waals surface area (Å²) in [6.07, 6.45) is 8.10. The molecule has 2 rings (SSSR count). The Kier molecular flexibility index (Phi) is 5.09. The van der Waals surface area contributed by atoms with Gasteiger partial charge in [-0.15, -0.1) is 0 Å². The first-order valence-electron chi connectivity index (χ1n) is 8.24. The van der Waals surface area contributed by atoms with Gasteiger partial charge in [-0.1, -0.05) is 25.5 Å². The standard InChI is InChI=1S/C18H28N2O2/c1-13-6-5-10-18(3,4)16(13)7-8-17(22)20-11-9-15(12-20)19-14(2)21/h7-8,15H,5-6,9-12H2,1-4H3,(H,19,21)/b8-7+/t15-/m0/s1. The summed E-state index contributed by atoms with van der Waals surface area (Å²) in [5.74, 6) is 0.0223. The van der Waals surface area contributed by atoms with Crippen molar-refractivity contribution in [1.29, 1.82) is 0 Å². The van der Waals surface area contributed by atoms with Crippen LogP contribution in [0.2, 0.25) is 0 Å². The van der Waals surface area contributed by atoms with Crippen molar-refractivity contribution >= 4 is 11.8 Å². The maximum atomic E-state index is 12.3. The minimum absolute atomic E-state index is 0.0282. The third-order valence-electron chi connectivity index (χ3n) is 4.84. The number of allylic oxidation sites excluding steroid dienone is 3. The topological polar surface area (TPSA) is 49.4 Å². The first-order chi connectivity index (χ1) is 10.3. The summed E-state index contributed by atoms with van der Waals surface area (Å²) in [4.78, 5) is 25.2. The fourth-order valence-electron chi connectivity index (χ4n) is 3.64. The second-order valence-electron chi connectivity index (χ2n) is 7.24. The maximum absolute atomic E-state index is 12.3. The number of amides is 2. The van der Waals surface area contributed by atoms with Gasteiger partial charge < -0.3 is 10.2 Å². The Morgan fingerprint density at radius 2 is 2.09 bits per heavy atom. The predicted octanol–water partition coefficient (Wildman–Crippen LogP) is 2.81. The van der Waals surface area contributed by atoms with Crippen LogP contribution in [0.4, 0.5) is 0 Å². The van der Waals surface area contributed by atoms with Gasteiger partial charge in [-0.3, -0.25) is 9.59 Å². The van der Waals surface area contributed by atoms with Gasteiger partial charge in [0, 0.05) is 32.1 Å². The van der Waals surface area contributed by atoms with Crippen LogP contribution in [0, 0.1) is 5.41 Å². The first-order valence-corrected chi connectivity index (χ1v) is 8.24. The highest BCUT2D eigenvalue weighted by atomic mass is 16.2. The van der Waals surface area contributed by atoms with Crippen molar-refractivity contribution in [3.63, 3.8) is 0 Å². The van der Waals surface area contributed by atoms with Crippen LogP contribution in [0.3, 0.4) is 0 Å². The molecule has 1 aliphatic carbocycles. The zero-order valence-corrected chi connectivity index (χ0v) is 14.2. The minimum Gasteiger partial charge on any atom is -0.352 e. The highest BCUT2D eigenvalue weighted by Crippen LogP contribution is 2.40. The summed E-state index contributed by atoms with van der Waals surface area (Å²) in [5.41, 5.74) is 2.87. The quantitative estimate of drug-likeness (QED) is 0.815. The molecule has 0 radical (unpaired) electrons. The zero-order chi connectivity index (χ0) is 16.3. The fourth-order valence-corrected chi connectivity index (χ4v) is 3.64. The second-order valence-corrected chi connectivity index (χ2v) is 7.24. The molecule has 0 bridgehead atoms. The average molecular weight is 304 g/mol. The van der Waals surface area contributed by atoms with Crippen molar-refractivity contribution in [2.75, 3.05) is 13.1 Å². The van der Waals surface area contributed by atoms with E-state index in [0.29, 0.717) is 6.54 Å². The van der Waals surface area contributed by atoms with Crippen LogP contribution in [0.5, 0.6) is 0 Å². The first kappa shape index (κ1) is 16.8. The molecule has 1 aliphatic heterocycles. The highest BCUT2D eigenvalue weighted by molar-refractivity contribution is 5.88. The molecule has 0 aromatic carbocycles. The van der Waals surface area contributed by atoms with Crippen LogP contribution >= 0.6 is 0 Å². The van der Waals surface area contributed by atoms with Gasteiger partial charge in [0.15, 0.2) is 0 Å². The van der Waals surface area contributed by atoms with Gasteiger partial charge in [0.2, 0.25) is 11.8 Å². The van der Waals surface area contributed by atoms with Gasteiger partial charge in [-0.2, -0.15) is 0 Å². The van der Waals surface area contributed by atoms with Gasteiger partial charge in [0.1, 0.15) is 0 Å². The number of hydrogen-bond acceptors (Lipinski definition) is 2. The number of carbonyl (C=O) groups is 2. The molecule has 0 spiro atoms. The number of nitrogens with one attached hydrogen (secondary N) is 1. The van der Waals surface area contributed by atoms with Crippen molar-refractivity contribution < 1.29 is 9.59 Å². The van der Waals surface area contributed by atoms with Gasteiger partial charge >= 0.3 is 0 Å². The Morgan fingerprint density at radius 3 is 2.73 bits per heavy atom. The van der Waals surface area contributed by atoms with Crippen molar-refractivity contribution in [2.45, 2.75) is 59.4 Å². The van der Waals surface area contributed by atoms with E-state index in [1.165, 1.54) is 30.9 Å². The van der Waals surface area contributed by atoms with E-state index in [-0.39, 0.29) is 23.3 Å². The molecule has 1 atom stereocenters. The number of hydrogen-bond donors (Lipinski definition) is 1. The molecule has 1 fully saturated rings. The van der Waals surface area contributed by atoms with Crippen LogP contribution < -0.4 is 5.32 Å². The van der Waals surface area contributed by atoms with E-state index >= 15 is 0 Å². The lowest BCUT2D eigenvalue weighted by Crippen LogP contribution is -2.36. The molecule has 2 aliphatic rings. The van der Waals surface area contributed by atoms with Crippen LogP contribution in [0.15, 0.2) is 23.3 Å². The minimum atomic E-state index is -0.0282. The zero-order valence-electron chi connectivity index (χ0n) is 14.2. The molecule has 2 amide bonds. The largest absolute Gasteiger partial charge is 0.352 e. The van der Waals surface area contributed by atoms with Crippen LogP contribution in [0.1, 0.15) is 53.4 Å². The number of nitrogens with zero attached hydrogens (tertiary/aromatic N) is 1. The molecule has 1 saturated heterocycles. The Balaban J connectivity index is 1.99. The summed E-state index contributed by atoms with van der Waals surface area (Å²) in [5, 5.41) is 2.89. The van der Waals surface area contributed by atoms with Gasteiger partial charge in [0.05, 0.1) is 0 Å². The van der Waals surface area contributed by atoms with E-state index < -0.39 is 0 Å². The number of carbonyl (C=O) groups excluding carboxylic acids is 2. The highest BCUT2D eigenvalue weighted by Gasteiger charge is 2.28. The average Bonchev–Trinajstić information content (AvgIpc) is 2.84. The smallest absolute Gasteiger partial charge is 0.246 e. The summed E-state index contributed by atoms with van der Waals surface area (Å²) in [6.45, 7) is 9.53. The lowest BCUT2D eigenvalue weighted by atomic mass is 9.72. The molecular weight excluding hydrogens is 276 g/mol. The summed E-state index contributed by atoms with van der Waals surface area (Å²) in [6, 6.07) is 0.0990. The van der Waals surface area contributed by atoms with E-state index in [1.54, 1.807) is 6.08 Å². The number of likely N-dealkylation sites (tertiary alicyclic amines) is 1. The van der Waals surface area contributed by atoms with Crippen LogP contribution in [-0.4, -0.2) is 35.8 Å². The van der Waals surface area contributed by atoms with Crippen molar-refractivity contribution in [3.8, 4) is 0 Å². The molecule has 0 unspecified atom stereocenters. The van der Waals surface area contributed by atoms with E-state index in [1.807, 2.05) is 11.0 Å². The molecule has 0 saturated carbocycles. The Labute approximate surface area is 133 Å². The van der Waals surface area contributed by atoms with Crippen molar-refractivity contribution in [3.05, 3.63) is 23.3 Å². The second kappa shape index (κ2) is 6.67. The Morgan fingerprint density at radius 1 is 1.36 bits per heavy atom. The Hall–Kier alpha value is -1.58. The summed E-state index contributed by atoms with van der Waals surface area (Å²) >= 11 is 0. The summed E-state index contributed by atoms with van der Waals surface area (Å²) < 4.78 is 0. The third-order valence-corrected chi connectivity index (χ3v) is 4.84. The fraction of sp³-hybridized carbons (Fsp3) is 0.667. The van der Waals surface area contributed by atoms with E-state index in [0.717, 1.165) is 19.4 Å². The molecule has 122 valence electrons. The Bertz CT molecular complexity index is 517. The van der Waals surface area contributed by atoms with E-state index in [2.05, 4.69) is 26.1 Å². The lowest BCUT2D eigenvalue weighted by Gasteiger charge is -2.33. The lowest BCUT2D eigenvalue weighted by molar-refractivity contribution is -0.125. The van der Waals surface area contributed by atoms with Crippen molar-refractivity contribution in [1.82, 2.24) is 10.2 Å². The van der Waals surface area contributed by atoms with Gasteiger partial charge in [0.25, 0.3) is 0 Å². The van der Waals surface area contributed by atoms with Gasteiger partial charge in [-0.25, -0.2) is 0 Å². The third kappa shape index (κ3) is 3.99. The van der Waals surface area contributed by atoms with E-state index in [4.69, 9.17) is 0 Å². The van der Waals surface area contributed by atoms with Crippen LogP contribution in [0.25, 0.3) is 0 Å². The molecule has 1 N–H and O–H groups in total. The number of rotatable bonds is 3. The van der Waals surface area contributed by atoms with E-state index in [9.17, 15) is 9.59 Å². The SMILES string of the molecule is CC(=O)N[C@H]1CCN(C(=O)/C=C/C2=C(C)CCCC2(C)C)C1. The molecule has 22 heavy (non-hydrogen) atoms. The molecule has 1 heterocycles. The molecule has 4 heteroatoms. The van der Waals surface area contributed by atoms with Gasteiger partial charge in [-0.05, 0) is 43.6 Å². The molecule has 4 nitrogen and oxygen atoms in total. The van der Waals surface area contributed by atoms with Crippen molar-refractivity contribution in [2.24, 2.45) is 5.41 Å². The summed E-state index contributed by atoms with van der Waals surface area (Å²) in [7, 11) is 0. The molecular formula is C18H28N2O2.